The molecule has 0 aliphatic heterocycles. The molecule has 0 bridgehead atoms. The molecule has 0 radical (unpaired) electrons. The number of rotatable bonds is 4. The molecular weight excluding hydrogens is 312 g/mol. The van der Waals surface area contributed by atoms with E-state index in [4.69, 9.17) is 0 Å². The maximum atomic E-state index is 12.4. The van der Waals surface area contributed by atoms with Crippen LogP contribution in [0.1, 0.15) is 28.2 Å². The SMILES string of the molecule is CC(NC(=O)c1cc(-c2ccncc2)n[nH]c1=O)c1cccs1. The van der Waals surface area contributed by atoms with Crippen LogP contribution in [0.25, 0.3) is 11.3 Å². The van der Waals surface area contributed by atoms with Gasteiger partial charge in [-0.3, -0.25) is 14.6 Å². The second kappa shape index (κ2) is 6.53. The zero-order valence-electron chi connectivity index (χ0n) is 12.3. The summed E-state index contributed by atoms with van der Waals surface area (Å²) in [5.41, 5.74) is 0.812. The number of H-pyrrole nitrogens is 1. The van der Waals surface area contributed by atoms with Gasteiger partial charge in [0.15, 0.2) is 0 Å². The molecule has 23 heavy (non-hydrogen) atoms. The van der Waals surface area contributed by atoms with Gasteiger partial charge in [0.1, 0.15) is 5.56 Å². The summed E-state index contributed by atoms with van der Waals surface area (Å²) < 4.78 is 0. The molecule has 3 heterocycles. The number of aromatic amines is 1. The summed E-state index contributed by atoms with van der Waals surface area (Å²) in [5, 5.41) is 11.1. The van der Waals surface area contributed by atoms with Crippen molar-refractivity contribution in [1.29, 1.82) is 0 Å². The largest absolute Gasteiger partial charge is 0.345 e. The molecule has 3 aromatic heterocycles. The Balaban J connectivity index is 1.87. The predicted octanol–water partition coefficient (Wildman–Crippen LogP) is 2.38. The summed E-state index contributed by atoms with van der Waals surface area (Å²) in [7, 11) is 0. The number of carbonyl (C=O) groups excluding carboxylic acids is 1. The highest BCUT2D eigenvalue weighted by Crippen LogP contribution is 2.19. The van der Waals surface area contributed by atoms with Crippen molar-refractivity contribution in [2.75, 3.05) is 0 Å². The summed E-state index contributed by atoms with van der Waals surface area (Å²) in [4.78, 5) is 29.3. The van der Waals surface area contributed by atoms with Gasteiger partial charge in [-0.15, -0.1) is 11.3 Å². The van der Waals surface area contributed by atoms with Crippen LogP contribution in [0.15, 0.2) is 52.9 Å². The highest BCUT2D eigenvalue weighted by molar-refractivity contribution is 7.10. The molecule has 1 unspecified atom stereocenters. The van der Waals surface area contributed by atoms with Crippen molar-refractivity contribution >= 4 is 17.2 Å². The smallest absolute Gasteiger partial charge is 0.277 e. The van der Waals surface area contributed by atoms with Crippen LogP contribution in [0.4, 0.5) is 0 Å². The van der Waals surface area contributed by atoms with Crippen molar-refractivity contribution in [3.63, 3.8) is 0 Å². The average Bonchev–Trinajstić information content (AvgIpc) is 3.10. The van der Waals surface area contributed by atoms with Crippen molar-refractivity contribution in [3.8, 4) is 11.3 Å². The molecular formula is C16H14N4O2S. The lowest BCUT2D eigenvalue weighted by atomic mass is 10.1. The zero-order chi connectivity index (χ0) is 16.2. The van der Waals surface area contributed by atoms with E-state index >= 15 is 0 Å². The van der Waals surface area contributed by atoms with E-state index in [2.05, 4.69) is 20.5 Å². The Labute approximate surface area is 136 Å². The summed E-state index contributed by atoms with van der Waals surface area (Å²) in [5.74, 6) is -0.426. The Kier molecular flexibility index (Phi) is 4.29. The van der Waals surface area contributed by atoms with Crippen molar-refractivity contribution < 1.29 is 4.79 Å². The number of carbonyl (C=O) groups is 1. The van der Waals surface area contributed by atoms with Gasteiger partial charge < -0.3 is 5.32 Å². The Hall–Kier alpha value is -2.80. The zero-order valence-corrected chi connectivity index (χ0v) is 13.1. The molecule has 7 heteroatoms. The Morgan fingerprint density at radius 2 is 2.09 bits per heavy atom. The summed E-state index contributed by atoms with van der Waals surface area (Å²) in [6, 6.07) is 8.70. The summed E-state index contributed by atoms with van der Waals surface area (Å²) in [6.07, 6.45) is 3.25. The fourth-order valence-corrected chi connectivity index (χ4v) is 2.86. The standard InChI is InChI=1S/C16H14N4O2S/c1-10(14-3-2-8-23-14)18-15(21)12-9-13(19-20-16(12)22)11-4-6-17-7-5-11/h2-10H,1H3,(H,18,21)(H,20,22). The maximum Gasteiger partial charge on any atom is 0.277 e. The van der Waals surface area contributed by atoms with Crippen molar-refractivity contribution in [2.45, 2.75) is 13.0 Å². The monoisotopic (exact) mass is 326 g/mol. The van der Waals surface area contributed by atoms with Crippen LogP contribution in [0.5, 0.6) is 0 Å². The van der Waals surface area contributed by atoms with E-state index in [0.29, 0.717) is 5.69 Å². The maximum absolute atomic E-state index is 12.4. The fourth-order valence-electron chi connectivity index (χ4n) is 2.13. The number of hydrogen-bond acceptors (Lipinski definition) is 5. The quantitative estimate of drug-likeness (QED) is 0.770. The van der Waals surface area contributed by atoms with E-state index < -0.39 is 11.5 Å². The second-order valence-electron chi connectivity index (χ2n) is 4.94. The first-order valence-electron chi connectivity index (χ1n) is 6.99. The number of nitrogens with one attached hydrogen (secondary N) is 2. The van der Waals surface area contributed by atoms with Gasteiger partial charge in [-0.2, -0.15) is 5.10 Å². The second-order valence-corrected chi connectivity index (χ2v) is 5.92. The number of nitrogens with zero attached hydrogens (tertiary/aromatic N) is 2. The van der Waals surface area contributed by atoms with Crippen LogP contribution in [-0.4, -0.2) is 21.1 Å². The van der Waals surface area contributed by atoms with E-state index in [9.17, 15) is 9.59 Å². The van der Waals surface area contributed by atoms with Gasteiger partial charge in [0.25, 0.3) is 11.5 Å². The summed E-state index contributed by atoms with van der Waals surface area (Å²) >= 11 is 1.55. The molecule has 0 spiro atoms. The molecule has 1 amide bonds. The molecule has 6 nitrogen and oxygen atoms in total. The molecule has 0 aliphatic rings. The summed E-state index contributed by atoms with van der Waals surface area (Å²) in [6.45, 7) is 1.88. The number of amides is 1. The van der Waals surface area contributed by atoms with Crippen LogP contribution >= 0.6 is 11.3 Å². The van der Waals surface area contributed by atoms with E-state index in [1.165, 1.54) is 6.07 Å². The van der Waals surface area contributed by atoms with Crippen LogP contribution in [-0.2, 0) is 0 Å². The third-order valence-corrected chi connectivity index (χ3v) is 4.40. The van der Waals surface area contributed by atoms with Crippen LogP contribution in [0.3, 0.4) is 0 Å². The number of thiophene rings is 1. The van der Waals surface area contributed by atoms with Gasteiger partial charge in [0.05, 0.1) is 11.7 Å². The predicted molar refractivity (Wildman–Crippen MR) is 88.3 cm³/mol. The van der Waals surface area contributed by atoms with E-state index in [1.54, 1.807) is 35.9 Å². The highest BCUT2D eigenvalue weighted by atomic mass is 32.1. The van der Waals surface area contributed by atoms with Gasteiger partial charge in [-0.1, -0.05) is 6.07 Å². The van der Waals surface area contributed by atoms with Gasteiger partial charge in [0.2, 0.25) is 0 Å². The Bertz CT molecular complexity index is 859. The molecule has 0 saturated heterocycles. The number of aromatic nitrogens is 3. The molecule has 3 rings (SSSR count). The molecule has 0 saturated carbocycles. The molecule has 116 valence electrons. The van der Waals surface area contributed by atoms with Crippen LogP contribution in [0, 0.1) is 0 Å². The number of hydrogen-bond donors (Lipinski definition) is 2. The molecule has 3 aromatic rings. The topological polar surface area (TPSA) is 87.7 Å². The molecule has 0 aliphatic carbocycles. The van der Waals surface area contributed by atoms with Gasteiger partial charge in [0, 0.05) is 22.8 Å². The lowest BCUT2D eigenvalue weighted by molar-refractivity contribution is 0.0938. The lowest BCUT2D eigenvalue weighted by Crippen LogP contribution is -2.31. The van der Waals surface area contributed by atoms with Crippen LogP contribution in [0.2, 0.25) is 0 Å². The third kappa shape index (κ3) is 3.35. The minimum atomic E-state index is -0.515. The van der Waals surface area contributed by atoms with E-state index in [0.717, 1.165) is 10.4 Å². The third-order valence-electron chi connectivity index (χ3n) is 3.34. The molecule has 1 atom stereocenters. The van der Waals surface area contributed by atoms with E-state index in [-0.39, 0.29) is 11.6 Å². The molecule has 0 aromatic carbocycles. The molecule has 2 N–H and O–H groups in total. The van der Waals surface area contributed by atoms with Crippen molar-refractivity contribution in [2.24, 2.45) is 0 Å². The first kappa shape index (κ1) is 15.1. The van der Waals surface area contributed by atoms with Crippen molar-refractivity contribution in [1.82, 2.24) is 20.5 Å². The Morgan fingerprint density at radius 3 is 2.78 bits per heavy atom. The van der Waals surface area contributed by atoms with E-state index in [1.807, 2.05) is 24.4 Å². The minimum Gasteiger partial charge on any atom is -0.345 e. The van der Waals surface area contributed by atoms with Crippen molar-refractivity contribution in [3.05, 3.63) is 68.9 Å². The first-order valence-corrected chi connectivity index (χ1v) is 7.87. The normalized spacial score (nSPS) is 11.9. The highest BCUT2D eigenvalue weighted by Gasteiger charge is 2.16. The lowest BCUT2D eigenvalue weighted by Gasteiger charge is -2.12. The van der Waals surface area contributed by atoms with Gasteiger partial charge >= 0.3 is 0 Å². The number of pyridine rings is 1. The average molecular weight is 326 g/mol. The minimum absolute atomic E-state index is 0.0372. The Morgan fingerprint density at radius 1 is 1.30 bits per heavy atom. The molecule has 0 fully saturated rings. The van der Waals surface area contributed by atoms with Gasteiger partial charge in [-0.05, 0) is 36.6 Å². The first-order chi connectivity index (χ1) is 11.1. The fraction of sp³-hybridized carbons (Fsp3) is 0.125. The van der Waals surface area contributed by atoms with Crippen LogP contribution < -0.4 is 10.9 Å². The van der Waals surface area contributed by atoms with Gasteiger partial charge in [-0.25, -0.2) is 5.10 Å².